The Morgan fingerprint density at radius 3 is 2.67 bits per heavy atom. The topological polar surface area (TPSA) is 57.3 Å². The van der Waals surface area contributed by atoms with Crippen molar-refractivity contribution in [1.82, 2.24) is 15.4 Å². The van der Waals surface area contributed by atoms with Crippen LogP contribution in [-0.4, -0.2) is 36.5 Å². The van der Waals surface area contributed by atoms with E-state index < -0.39 is 0 Å². The fourth-order valence-corrected chi connectivity index (χ4v) is 1.10. The van der Waals surface area contributed by atoms with Gasteiger partial charge in [0.2, 0.25) is 0 Å². The fourth-order valence-electron chi connectivity index (χ4n) is 1.10. The first-order valence-electron chi connectivity index (χ1n) is 4.81. The van der Waals surface area contributed by atoms with Gasteiger partial charge in [0.15, 0.2) is 0 Å². The van der Waals surface area contributed by atoms with Gasteiger partial charge in [-0.1, -0.05) is 0 Å². The van der Waals surface area contributed by atoms with Crippen LogP contribution in [0, 0.1) is 0 Å². The zero-order valence-corrected chi connectivity index (χ0v) is 9.24. The minimum Gasteiger partial charge on any atom is -0.384 e. The summed E-state index contributed by atoms with van der Waals surface area (Å²) in [5.74, 6) is -0.206. The lowest BCUT2D eigenvalue weighted by molar-refractivity contribution is 0.0851. The molecule has 0 spiro atoms. The molecular formula is C10H16N4O. The summed E-state index contributed by atoms with van der Waals surface area (Å²) >= 11 is 0. The van der Waals surface area contributed by atoms with Crippen LogP contribution in [0.4, 0.5) is 5.69 Å². The van der Waals surface area contributed by atoms with Gasteiger partial charge in [0.1, 0.15) is 5.69 Å². The molecule has 1 amide bonds. The number of hydrazine groups is 1. The first-order chi connectivity index (χ1) is 7.13. The van der Waals surface area contributed by atoms with Crippen molar-refractivity contribution in [2.75, 3.05) is 26.0 Å². The molecule has 1 heterocycles. The normalized spacial score (nSPS) is 10.1. The van der Waals surface area contributed by atoms with Gasteiger partial charge in [-0.2, -0.15) is 0 Å². The molecule has 5 nitrogen and oxygen atoms in total. The SMILES string of the molecule is CCNc1ccc(C(=O)NN(C)C)nc1. The Hall–Kier alpha value is -1.62. The highest BCUT2D eigenvalue weighted by Crippen LogP contribution is 2.05. The maximum Gasteiger partial charge on any atom is 0.284 e. The Morgan fingerprint density at radius 2 is 2.20 bits per heavy atom. The third kappa shape index (κ3) is 3.55. The average Bonchev–Trinajstić information content (AvgIpc) is 2.18. The second kappa shape index (κ2) is 5.31. The molecule has 0 unspecified atom stereocenters. The van der Waals surface area contributed by atoms with E-state index >= 15 is 0 Å². The van der Waals surface area contributed by atoms with E-state index in [1.165, 1.54) is 0 Å². The number of amides is 1. The van der Waals surface area contributed by atoms with Crippen molar-refractivity contribution >= 4 is 11.6 Å². The van der Waals surface area contributed by atoms with Crippen LogP contribution in [0.2, 0.25) is 0 Å². The fraction of sp³-hybridized carbons (Fsp3) is 0.400. The molecule has 0 aliphatic rings. The van der Waals surface area contributed by atoms with Crippen LogP contribution in [0.1, 0.15) is 17.4 Å². The van der Waals surface area contributed by atoms with Gasteiger partial charge in [-0.3, -0.25) is 10.2 Å². The summed E-state index contributed by atoms with van der Waals surface area (Å²) in [5, 5.41) is 4.70. The maximum absolute atomic E-state index is 11.5. The van der Waals surface area contributed by atoms with Crippen LogP contribution in [0.5, 0.6) is 0 Å². The first kappa shape index (κ1) is 11.5. The lowest BCUT2D eigenvalue weighted by atomic mass is 10.3. The smallest absolute Gasteiger partial charge is 0.284 e. The van der Waals surface area contributed by atoms with Crippen LogP contribution in [0.15, 0.2) is 18.3 Å². The van der Waals surface area contributed by atoms with Crippen molar-refractivity contribution in [1.29, 1.82) is 0 Å². The number of pyridine rings is 1. The van der Waals surface area contributed by atoms with Crippen LogP contribution in [0.25, 0.3) is 0 Å². The molecule has 0 atom stereocenters. The van der Waals surface area contributed by atoms with E-state index in [4.69, 9.17) is 0 Å². The van der Waals surface area contributed by atoms with Crippen LogP contribution in [-0.2, 0) is 0 Å². The molecule has 5 heteroatoms. The van der Waals surface area contributed by atoms with Crippen molar-refractivity contribution in [2.24, 2.45) is 0 Å². The Labute approximate surface area is 89.5 Å². The Bertz CT molecular complexity index is 321. The van der Waals surface area contributed by atoms with Gasteiger partial charge < -0.3 is 5.32 Å². The zero-order chi connectivity index (χ0) is 11.3. The van der Waals surface area contributed by atoms with Gasteiger partial charge in [-0.05, 0) is 19.1 Å². The minimum atomic E-state index is -0.206. The molecular weight excluding hydrogens is 192 g/mol. The standard InChI is InChI=1S/C10H16N4O/c1-4-11-8-5-6-9(12-7-8)10(15)13-14(2)3/h5-7,11H,4H2,1-3H3,(H,13,15). The number of nitrogens with one attached hydrogen (secondary N) is 2. The predicted molar refractivity (Wildman–Crippen MR) is 59.6 cm³/mol. The van der Waals surface area contributed by atoms with E-state index in [9.17, 15) is 4.79 Å². The van der Waals surface area contributed by atoms with E-state index in [2.05, 4.69) is 15.7 Å². The number of hydrogen-bond donors (Lipinski definition) is 2. The Kier molecular flexibility index (Phi) is 4.05. The van der Waals surface area contributed by atoms with Gasteiger partial charge in [0.05, 0.1) is 11.9 Å². The zero-order valence-electron chi connectivity index (χ0n) is 9.24. The highest BCUT2D eigenvalue weighted by Gasteiger charge is 2.06. The third-order valence-electron chi connectivity index (χ3n) is 1.70. The van der Waals surface area contributed by atoms with E-state index in [-0.39, 0.29) is 5.91 Å². The molecule has 0 radical (unpaired) electrons. The number of rotatable bonds is 4. The largest absolute Gasteiger partial charge is 0.384 e. The maximum atomic E-state index is 11.5. The van der Waals surface area contributed by atoms with E-state index in [0.29, 0.717) is 5.69 Å². The highest BCUT2D eigenvalue weighted by molar-refractivity contribution is 5.92. The molecule has 0 aliphatic heterocycles. The van der Waals surface area contributed by atoms with E-state index in [1.807, 2.05) is 13.0 Å². The van der Waals surface area contributed by atoms with Gasteiger partial charge in [0.25, 0.3) is 5.91 Å². The molecule has 0 aliphatic carbocycles. The molecule has 0 aromatic carbocycles. The van der Waals surface area contributed by atoms with Crippen molar-refractivity contribution in [3.8, 4) is 0 Å². The summed E-state index contributed by atoms with van der Waals surface area (Å²) in [7, 11) is 3.51. The molecule has 1 aromatic heterocycles. The molecule has 2 N–H and O–H groups in total. The van der Waals surface area contributed by atoms with Crippen LogP contribution >= 0.6 is 0 Å². The third-order valence-corrected chi connectivity index (χ3v) is 1.70. The van der Waals surface area contributed by atoms with Crippen LogP contribution < -0.4 is 10.7 Å². The number of carbonyl (C=O) groups is 1. The molecule has 1 aromatic rings. The summed E-state index contributed by atoms with van der Waals surface area (Å²) in [6, 6.07) is 3.53. The summed E-state index contributed by atoms with van der Waals surface area (Å²) < 4.78 is 0. The predicted octanol–water partition coefficient (Wildman–Crippen LogP) is 0.720. The molecule has 0 bridgehead atoms. The number of anilines is 1. The van der Waals surface area contributed by atoms with Gasteiger partial charge in [0, 0.05) is 20.6 Å². The van der Waals surface area contributed by atoms with Gasteiger partial charge in [-0.15, -0.1) is 0 Å². The Morgan fingerprint density at radius 1 is 1.47 bits per heavy atom. The molecule has 0 saturated carbocycles. The quantitative estimate of drug-likeness (QED) is 0.716. The first-order valence-corrected chi connectivity index (χ1v) is 4.81. The van der Waals surface area contributed by atoms with Crippen molar-refractivity contribution in [3.63, 3.8) is 0 Å². The van der Waals surface area contributed by atoms with Crippen LogP contribution in [0.3, 0.4) is 0 Å². The van der Waals surface area contributed by atoms with Crippen molar-refractivity contribution < 1.29 is 4.79 Å². The number of hydrogen-bond acceptors (Lipinski definition) is 4. The lowest BCUT2D eigenvalue weighted by Gasteiger charge is -2.11. The van der Waals surface area contributed by atoms with Crippen molar-refractivity contribution in [3.05, 3.63) is 24.0 Å². The van der Waals surface area contributed by atoms with Gasteiger partial charge >= 0.3 is 0 Å². The minimum absolute atomic E-state index is 0.206. The molecule has 1 rings (SSSR count). The number of nitrogens with zero attached hydrogens (tertiary/aromatic N) is 2. The molecule has 82 valence electrons. The summed E-state index contributed by atoms with van der Waals surface area (Å²) in [5.41, 5.74) is 3.95. The number of aromatic nitrogens is 1. The van der Waals surface area contributed by atoms with E-state index in [1.54, 1.807) is 31.4 Å². The molecule has 0 fully saturated rings. The average molecular weight is 208 g/mol. The highest BCUT2D eigenvalue weighted by atomic mass is 16.2. The number of carbonyl (C=O) groups excluding carboxylic acids is 1. The monoisotopic (exact) mass is 208 g/mol. The summed E-state index contributed by atoms with van der Waals surface area (Å²) in [6.45, 7) is 2.84. The van der Waals surface area contributed by atoms with E-state index in [0.717, 1.165) is 12.2 Å². The second-order valence-corrected chi connectivity index (χ2v) is 3.30. The summed E-state index contributed by atoms with van der Waals surface area (Å²) in [4.78, 5) is 15.5. The second-order valence-electron chi connectivity index (χ2n) is 3.30. The van der Waals surface area contributed by atoms with Crippen molar-refractivity contribution in [2.45, 2.75) is 6.92 Å². The van der Waals surface area contributed by atoms with Gasteiger partial charge in [-0.25, -0.2) is 9.99 Å². The summed E-state index contributed by atoms with van der Waals surface area (Å²) in [6.07, 6.45) is 1.65. The lowest BCUT2D eigenvalue weighted by Crippen LogP contribution is -2.36. The molecule has 0 saturated heterocycles. The Balaban J connectivity index is 2.67. The molecule has 15 heavy (non-hydrogen) atoms.